The van der Waals surface area contributed by atoms with E-state index >= 15 is 0 Å². The number of rotatable bonds is 5. The number of aromatic nitrogens is 1. The quantitative estimate of drug-likeness (QED) is 0.597. The molecule has 2 heterocycles. The molecule has 1 amide bonds. The molecule has 1 aliphatic heterocycles. The highest BCUT2D eigenvalue weighted by molar-refractivity contribution is 5.94. The smallest absolute Gasteiger partial charge is 0.253 e. The Labute approximate surface area is 186 Å². The molecule has 5 heteroatoms. The fraction of sp³-hybridized carbons (Fsp3) is 0.462. The Balaban J connectivity index is 1.75. The molecule has 0 bridgehead atoms. The van der Waals surface area contributed by atoms with Gasteiger partial charge in [0.25, 0.3) is 5.91 Å². The minimum Gasteiger partial charge on any atom is -0.491 e. The first-order chi connectivity index (χ1) is 15.0. The SMILES string of the molecule is CC/C1=C/CCN(C(=O)c2ccc(OC(C)C)c(C)c2)CCOC(c2cccnc2)C1. The van der Waals surface area contributed by atoms with Crippen molar-refractivity contribution in [2.24, 2.45) is 0 Å². The largest absolute Gasteiger partial charge is 0.491 e. The van der Waals surface area contributed by atoms with Crippen LogP contribution in [0.2, 0.25) is 0 Å². The summed E-state index contributed by atoms with van der Waals surface area (Å²) >= 11 is 0. The number of benzene rings is 1. The van der Waals surface area contributed by atoms with Gasteiger partial charge < -0.3 is 14.4 Å². The monoisotopic (exact) mass is 422 g/mol. The summed E-state index contributed by atoms with van der Waals surface area (Å²) in [6, 6.07) is 9.68. The number of nitrogens with zero attached hydrogens (tertiary/aromatic N) is 2. The maximum Gasteiger partial charge on any atom is 0.253 e. The van der Waals surface area contributed by atoms with E-state index in [1.165, 1.54) is 5.57 Å². The third-order valence-corrected chi connectivity index (χ3v) is 5.54. The lowest BCUT2D eigenvalue weighted by atomic mass is 9.99. The number of hydrogen-bond donors (Lipinski definition) is 0. The third-order valence-electron chi connectivity index (χ3n) is 5.54. The zero-order valence-electron chi connectivity index (χ0n) is 19.1. The van der Waals surface area contributed by atoms with Crippen molar-refractivity contribution in [3.8, 4) is 5.75 Å². The first-order valence-corrected chi connectivity index (χ1v) is 11.2. The molecule has 0 N–H and O–H groups in total. The standard InChI is InChI=1S/C26H34N2O3/c1-5-21-8-7-13-28(14-15-30-25(17-21)23-9-6-12-27-18-23)26(29)22-10-11-24(20(4)16-22)31-19(2)3/h6,8-12,16,18-19,25H,5,7,13-15,17H2,1-4H3/b21-8-. The Kier molecular flexibility index (Phi) is 8.24. The number of carbonyl (C=O) groups excluding carboxylic acids is 1. The van der Waals surface area contributed by atoms with Crippen molar-refractivity contribution in [1.29, 1.82) is 0 Å². The van der Waals surface area contributed by atoms with Crippen molar-refractivity contribution >= 4 is 5.91 Å². The molecule has 0 radical (unpaired) electrons. The van der Waals surface area contributed by atoms with Crippen molar-refractivity contribution in [1.82, 2.24) is 9.88 Å². The van der Waals surface area contributed by atoms with Crippen LogP contribution in [0.1, 0.15) is 67.6 Å². The maximum atomic E-state index is 13.3. The second-order valence-electron chi connectivity index (χ2n) is 8.29. The summed E-state index contributed by atoms with van der Waals surface area (Å²) in [6.07, 6.45) is 8.68. The molecule has 0 aliphatic carbocycles. The van der Waals surface area contributed by atoms with E-state index in [2.05, 4.69) is 24.1 Å². The Morgan fingerprint density at radius 1 is 1.29 bits per heavy atom. The first kappa shape index (κ1) is 23.0. The summed E-state index contributed by atoms with van der Waals surface area (Å²) in [5.41, 5.74) is 4.10. The Bertz CT molecular complexity index is 893. The third kappa shape index (κ3) is 6.41. The van der Waals surface area contributed by atoms with Gasteiger partial charge in [-0.05, 0) is 75.4 Å². The van der Waals surface area contributed by atoms with E-state index in [1.54, 1.807) is 6.20 Å². The van der Waals surface area contributed by atoms with Crippen molar-refractivity contribution in [2.75, 3.05) is 19.7 Å². The summed E-state index contributed by atoms with van der Waals surface area (Å²) < 4.78 is 12.1. The van der Waals surface area contributed by atoms with Gasteiger partial charge in [0.1, 0.15) is 5.75 Å². The molecule has 1 aromatic heterocycles. The molecule has 31 heavy (non-hydrogen) atoms. The zero-order valence-corrected chi connectivity index (χ0v) is 19.1. The topological polar surface area (TPSA) is 51.7 Å². The van der Waals surface area contributed by atoms with Crippen molar-refractivity contribution in [3.05, 3.63) is 71.1 Å². The number of aryl methyl sites for hydroxylation is 1. The van der Waals surface area contributed by atoms with Crippen molar-refractivity contribution in [2.45, 2.75) is 59.2 Å². The Morgan fingerprint density at radius 3 is 2.81 bits per heavy atom. The lowest BCUT2D eigenvalue weighted by Gasteiger charge is -2.27. The van der Waals surface area contributed by atoms with E-state index in [0.29, 0.717) is 25.3 Å². The van der Waals surface area contributed by atoms with Gasteiger partial charge in [-0.3, -0.25) is 9.78 Å². The highest BCUT2D eigenvalue weighted by atomic mass is 16.5. The number of ether oxygens (including phenoxy) is 2. The molecular weight excluding hydrogens is 388 g/mol. The van der Waals surface area contributed by atoms with Gasteiger partial charge in [-0.2, -0.15) is 0 Å². The highest BCUT2D eigenvalue weighted by Crippen LogP contribution is 2.27. The van der Waals surface area contributed by atoms with Gasteiger partial charge in [0.05, 0.1) is 18.8 Å². The van der Waals surface area contributed by atoms with Crippen LogP contribution in [0.3, 0.4) is 0 Å². The summed E-state index contributed by atoms with van der Waals surface area (Å²) in [7, 11) is 0. The normalized spacial score (nSPS) is 19.6. The molecule has 1 atom stereocenters. The summed E-state index contributed by atoms with van der Waals surface area (Å²) in [5.74, 6) is 0.860. The average Bonchev–Trinajstić information content (AvgIpc) is 2.77. The van der Waals surface area contributed by atoms with Crippen LogP contribution in [-0.4, -0.2) is 41.6 Å². The minimum absolute atomic E-state index is 0.0350. The molecule has 2 aromatic rings. The van der Waals surface area contributed by atoms with Crippen LogP contribution in [-0.2, 0) is 4.74 Å². The van der Waals surface area contributed by atoms with E-state index in [9.17, 15) is 4.79 Å². The molecule has 1 aromatic carbocycles. The van der Waals surface area contributed by atoms with E-state index in [0.717, 1.165) is 36.1 Å². The molecule has 5 nitrogen and oxygen atoms in total. The van der Waals surface area contributed by atoms with E-state index in [1.807, 2.05) is 56.1 Å². The number of amides is 1. The van der Waals surface area contributed by atoms with E-state index in [4.69, 9.17) is 9.47 Å². The predicted molar refractivity (Wildman–Crippen MR) is 123 cm³/mol. The Morgan fingerprint density at radius 2 is 2.13 bits per heavy atom. The lowest BCUT2D eigenvalue weighted by Crippen LogP contribution is -2.35. The van der Waals surface area contributed by atoms with Gasteiger partial charge in [0.15, 0.2) is 0 Å². The molecule has 0 saturated carbocycles. The van der Waals surface area contributed by atoms with Crippen molar-refractivity contribution < 1.29 is 14.3 Å². The van der Waals surface area contributed by atoms with Crippen LogP contribution in [0.25, 0.3) is 0 Å². The van der Waals surface area contributed by atoms with Crippen LogP contribution in [0, 0.1) is 6.92 Å². The van der Waals surface area contributed by atoms with E-state index in [-0.39, 0.29) is 18.1 Å². The van der Waals surface area contributed by atoms with Crippen LogP contribution < -0.4 is 4.74 Å². The number of pyridine rings is 1. The first-order valence-electron chi connectivity index (χ1n) is 11.2. The second-order valence-corrected chi connectivity index (χ2v) is 8.29. The highest BCUT2D eigenvalue weighted by Gasteiger charge is 2.20. The summed E-state index contributed by atoms with van der Waals surface area (Å²) in [6.45, 7) is 9.90. The van der Waals surface area contributed by atoms with E-state index < -0.39 is 0 Å². The fourth-order valence-electron chi connectivity index (χ4n) is 3.85. The molecule has 1 unspecified atom stereocenters. The molecule has 0 fully saturated rings. The van der Waals surface area contributed by atoms with Gasteiger partial charge >= 0.3 is 0 Å². The van der Waals surface area contributed by atoms with Gasteiger partial charge in [-0.1, -0.05) is 24.6 Å². The molecule has 166 valence electrons. The van der Waals surface area contributed by atoms with Crippen LogP contribution >= 0.6 is 0 Å². The molecule has 0 spiro atoms. The van der Waals surface area contributed by atoms with Crippen molar-refractivity contribution in [3.63, 3.8) is 0 Å². The average molecular weight is 423 g/mol. The van der Waals surface area contributed by atoms with Gasteiger partial charge in [-0.15, -0.1) is 0 Å². The van der Waals surface area contributed by atoms with Crippen LogP contribution in [0.5, 0.6) is 5.75 Å². The van der Waals surface area contributed by atoms with Gasteiger partial charge in [-0.25, -0.2) is 0 Å². The van der Waals surface area contributed by atoms with Gasteiger partial charge in [0, 0.05) is 31.0 Å². The molecule has 0 saturated heterocycles. The molecule has 3 rings (SSSR count). The van der Waals surface area contributed by atoms with Crippen LogP contribution in [0.4, 0.5) is 0 Å². The fourth-order valence-corrected chi connectivity index (χ4v) is 3.85. The molecular formula is C26H34N2O3. The predicted octanol–water partition coefficient (Wildman–Crippen LogP) is 5.51. The summed E-state index contributed by atoms with van der Waals surface area (Å²) in [4.78, 5) is 19.4. The number of carbonyl (C=O) groups is 1. The maximum absolute atomic E-state index is 13.3. The second kappa shape index (κ2) is 11.1. The summed E-state index contributed by atoms with van der Waals surface area (Å²) in [5, 5.41) is 0. The minimum atomic E-state index is -0.0373. The molecule has 1 aliphatic rings. The zero-order chi connectivity index (χ0) is 22.2. The lowest BCUT2D eigenvalue weighted by molar-refractivity contribution is 0.0318. The van der Waals surface area contributed by atoms with Crippen LogP contribution in [0.15, 0.2) is 54.4 Å². The number of hydrogen-bond acceptors (Lipinski definition) is 4. The van der Waals surface area contributed by atoms with Gasteiger partial charge in [0.2, 0.25) is 0 Å². The Hall–Kier alpha value is -2.66.